The number of aliphatic carboxylic acids is 1. The van der Waals surface area contributed by atoms with E-state index >= 15 is 0 Å². The molecule has 0 unspecified atom stereocenters. The first kappa shape index (κ1) is 16.8. The van der Waals surface area contributed by atoms with E-state index in [0.29, 0.717) is 21.6 Å². The molecule has 0 fully saturated rings. The van der Waals surface area contributed by atoms with Gasteiger partial charge in [-0.1, -0.05) is 31.9 Å². The maximum absolute atomic E-state index is 11.8. The molecule has 1 rings (SSSR count). The van der Waals surface area contributed by atoms with Crippen molar-refractivity contribution < 1.29 is 14.7 Å². The largest absolute Gasteiger partial charge is 0.480 e. The van der Waals surface area contributed by atoms with Crippen LogP contribution in [0, 0.1) is 5.92 Å². The van der Waals surface area contributed by atoms with Gasteiger partial charge in [0.1, 0.15) is 6.04 Å². The minimum absolute atomic E-state index is 0.157. The van der Waals surface area contributed by atoms with Crippen LogP contribution < -0.4 is 10.6 Å². The van der Waals surface area contributed by atoms with Gasteiger partial charge in [-0.05, 0) is 40.0 Å². The molecule has 0 aromatic heterocycles. The van der Waals surface area contributed by atoms with E-state index in [1.165, 1.54) is 0 Å². The van der Waals surface area contributed by atoms with Gasteiger partial charge in [0.25, 0.3) is 0 Å². The van der Waals surface area contributed by atoms with Gasteiger partial charge in [0.2, 0.25) is 0 Å². The zero-order valence-corrected chi connectivity index (χ0v) is 13.5. The number of carbonyl (C=O) groups excluding carboxylic acids is 1. The third-order valence-corrected chi connectivity index (χ3v) is 4.16. The monoisotopic (exact) mass is 362 g/mol. The van der Waals surface area contributed by atoms with Crippen LogP contribution >= 0.6 is 27.5 Å². The molecule has 5 nitrogen and oxygen atoms in total. The third kappa shape index (κ3) is 4.68. The number of amides is 2. The van der Waals surface area contributed by atoms with Gasteiger partial charge in [-0.15, -0.1) is 0 Å². The molecule has 1 aromatic carbocycles. The Bertz CT molecular complexity index is 510. The Kier molecular flexibility index (Phi) is 6.29. The predicted octanol–water partition coefficient (Wildman–Crippen LogP) is 3.72. The number of rotatable bonds is 5. The summed E-state index contributed by atoms with van der Waals surface area (Å²) in [6.07, 6.45) is 0.656. The van der Waals surface area contributed by atoms with Crippen LogP contribution in [-0.4, -0.2) is 23.1 Å². The zero-order valence-electron chi connectivity index (χ0n) is 11.1. The highest BCUT2D eigenvalue weighted by Crippen LogP contribution is 2.25. The molecule has 2 amide bonds. The van der Waals surface area contributed by atoms with Crippen LogP contribution in [-0.2, 0) is 4.79 Å². The lowest BCUT2D eigenvalue weighted by Gasteiger charge is -2.20. The highest BCUT2D eigenvalue weighted by atomic mass is 79.9. The molecule has 0 spiro atoms. The topological polar surface area (TPSA) is 78.4 Å². The third-order valence-electron chi connectivity index (χ3n) is 2.94. The number of urea groups is 1. The minimum Gasteiger partial charge on any atom is -0.480 e. The van der Waals surface area contributed by atoms with Gasteiger partial charge < -0.3 is 15.7 Å². The number of anilines is 1. The first-order valence-corrected chi connectivity index (χ1v) is 7.27. The van der Waals surface area contributed by atoms with E-state index < -0.39 is 18.0 Å². The first-order valence-electron chi connectivity index (χ1n) is 6.10. The molecule has 0 saturated heterocycles. The highest BCUT2D eigenvalue weighted by Gasteiger charge is 2.25. The Morgan fingerprint density at radius 1 is 1.45 bits per heavy atom. The normalized spacial score (nSPS) is 13.4. The Morgan fingerprint density at radius 2 is 2.10 bits per heavy atom. The second kappa shape index (κ2) is 7.50. The standard InChI is InChI=1S/C13H16BrClN2O3/c1-3-7(2)11(12(18)19)17-13(20)16-8-4-5-10(15)9(14)6-8/h4-7,11H,3H2,1-2H3,(H,18,19)(H2,16,17,20)/t7-,11-/m0/s1. The number of nitrogens with one attached hydrogen (secondary N) is 2. The molecule has 3 N–H and O–H groups in total. The van der Waals surface area contributed by atoms with Crippen molar-refractivity contribution in [2.24, 2.45) is 5.92 Å². The molecule has 0 aliphatic heterocycles. The van der Waals surface area contributed by atoms with Gasteiger partial charge in [0.15, 0.2) is 0 Å². The lowest BCUT2D eigenvalue weighted by atomic mass is 9.99. The van der Waals surface area contributed by atoms with Gasteiger partial charge in [0, 0.05) is 10.2 Å². The fraction of sp³-hybridized carbons (Fsp3) is 0.385. The van der Waals surface area contributed by atoms with E-state index in [0.717, 1.165) is 0 Å². The molecule has 0 aliphatic rings. The van der Waals surface area contributed by atoms with Crippen LogP contribution in [0.1, 0.15) is 20.3 Å². The molecular weight excluding hydrogens is 348 g/mol. The van der Waals surface area contributed by atoms with Gasteiger partial charge in [0.05, 0.1) is 5.02 Å². The number of carboxylic acid groups (broad SMARTS) is 1. The number of carboxylic acids is 1. The molecule has 0 saturated carbocycles. The smallest absolute Gasteiger partial charge is 0.326 e. The summed E-state index contributed by atoms with van der Waals surface area (Å²) in [7, 11) is 0. The first-order chi connectivity index (χ1) is 9.35. The summed E-state index contributed by atoms with van der Waals surface area (Å²) >= 11 is 9.10. The lowest BCUT2D eigenvalue weighted by molar-refractivity contribution is -0.140. The van der Waals surface area contributed by atoms with E-state index in [4.69, 9.17) is 16.7 Å². The van der Waals surface area contributed by atoms with Crippen molar-refractivity contribution in [2.45, 2.75) is 26.3 Å². The van der Waals surface area contributed by atoms with Crippen LogP contribution in [0.15, 0.2) is 22.7 Å². The van der Waals surface area contributed by atoms with Crippen molar-refractivity contribution in [3.8, 4) is 0 Å². The van der Waals surface area contributed by atoms with E-state index in [-0.39, 0.29) is 5.92 Å². The lowest BCUT2D eigenvalue weighted by Crippen LogP contribution is -2.46. The molecule has 20 heavy (non-hydrogen) atoms. The van der Waals surface area contributed by atoms with Gasteiger partial charge in [-0.2, -0.15) is 0 Å². The highest BCUT2D eigenvalue weighted by molar-refractivity contribution is 9.10. The number of carbonyl (C=O) groups is 2. The summed E-state index contributed by atoms with van der Waals surface area (Å²) in [6, 6.07) is 3.42. The maximum Gasteiger partial charge on any atom is 0.326 e. The Labute approximate surface area is 130 Å². The molecule has 7 heteroatoms. The van der Waals surface area contributed by atoms with Crippen LogP contribution in [0.25, 0.3) is 0 Å². The van der Waals surface area contributed by atoms with Crippen LogP contribution in [0.4, 0.5) is 10.5 Å². The average Bonchev–Trinajstić information content (AvgIpc) is 2.39. The van der Waals surface area contributed by atoms with Gasteiger partial charge in [-0.3, -0.25) is 0 Å². The zero-order chi connectivity index (χ0) is 15.3. The Balaban J connectivity index is 2.70. The molecule has 0 aliphatic carbocycles. The summed E-state index contributed by atoms with van der Waals surface area (Å²) in [4.78, 5) is 22.9. The molecule has 110 valence electrons. The van der Waals surface area contributed by atoms with Gasteiger partial charge >= 0.3 is 12.0 Å². The quantitative estimate of drug-likeness (QED) is 0.746. The van der Waals surface area contributed by atoms with Crippen LogP contribution in [0.2, 0.25) is 5.02 Å². The molecule has 0 radical (unpaired) electrons. The fourth-order valence-corrected chi connectivity index (χ4v) is 2.06. The molecule has 1 aromatic rings. The Morgan fingerprint density at radius 3 is 2.60 bits per heavy atom. The summed E-state index contributed by atoms with van der Waals surface area (Å²) in [5.74, 6) is -1.21. The van der Waals surface area contributed by atoms with Crippen LogP contribution in [0.5, 0.6) is 0 Å². The second-order valence-corrected chi connectivity index (χ2v) is 5.69. The summed E-state index contributed by atoms with van der Waals surface area (Å²) in [5.41, 5.74) is 0.520. The summed E-state index contributed by atoms with van der Waals surface area (Å²) in [5, 5.41) is 14.7. The summed E-state index contributed by atoms with van der Waals surface area (Å²) in [6.45, 7) is 3.65. The SMILES string of the molecule is CC[C@H](C)[C@H](NC(=O)Nc1ccc(Cl)c(Br)c1)C(=O)O. The van der Waals surface area contributed by atoms with E-state index in [1.807, 2.05) is 6.92 Å². The summed E-state index contributed by atoms with van der Waals surface area (Å²) < 4.78 is 0.647. The van der Waals surface area contributed by atoms with Gasteiger partial charge in [-0.25, -0.2) is 9.59 Å². The van der Waals surface area contributed by atoms with E-state index in [1.54, 1.807) is 25.1 Å². The second-order valence-electron chi connectivity index (χ2n) is 4.43. The Hall–Kier alpha value is -1.27. The van der Waals surface area contributed by atoms with Crippen molar-refractivity contribution in [3.05, 3.63) is 27.7 Å². The fourth-order valence-electron chi connectivity index (χ4n) is 1.57. The van der Waals surface area contributed by atoms with Crippen molar-refractivity contribution in [3.63, 3.8) is 0 Å². The predicted molar refractivity (Wildman–Crippen MR) is 82.2 cm³/mol. The van der Waals surface area contributed by atoms with Crippen LogP contribution in [0.3, 0.4) is 0 Å². The number of hydrogen-bond acceptors (Lipinski definition) is 2. The maximum atomic E-state index is 11.8. The van der Waals surface area contributed by atoms with Crippen molar-refractivity contribution in [1.82, 2.24) is 5.32 Å². The number of hydrogen-bond donors (Lipinski definition) is 3. The number of halogens is 2. The van der Waals surface area contributed by atoms with Crippen molar-refractivity contribution in [2.75, 3.05) is 5.32 Å². The van der Waals surface area contributed by atoms with E-state index in [2.05, 4.69) is 26.6 Å². The van der Waals surface area contributed by atoms with Crippen molar-refractivity contribution >= 4 is 45.2 Å². The van der Waals surface area contributed by atoms with Crippen molar-refractivity contribution in [1.29, 1.82) is 0 Å². The average molecular weight is 364 g/mol. The molecule has 0 bridgehead atoms. The number of benzene rings is 1. The molecule has 2 atom stereocenters. The minimum atomic E-state index is -1.05. The van der Waals surface area contributed by atoms with E-state index in [9.17, 15) is 9.59 Å². The molecular formula is C13H16BrClN2O3. The molecule has 0 heterocycles.